The Hall–Kier alpha value is -4.14. The van der Waals surface area contributed by atoms with E-state index in [4.69, 9.17) is 26.0 Å². The zero-order chi connectivity index (χ0) is 33.4. The summed E-state index contributed by atoms with van der Waals surface area (Å²) in [4.78, 5) is 28.3. The van der Waals surface area contributed by atoms with Crippen LogP contribution in [-0.4, -0.2) is 77.2 Å². The lowest BCUT2D eigenvalue weighted by Gasteiger charge is -2.37. The lowest BCUT2D eigenvalue weighted by atomic mass is 9.79. The molecule has 4 aromatic rings. The fraction of sp³-hybridized carbons (Fsp3) is 0.351. The monoisotopic (exact) mass is 680 g/mol. The number of carboxylic acids is 1. The summed E-state index contributed by atoms with van der Waals surface area (Å²) in [7, 11) is 2.15. The Morgan fingerprint density at radius 1 is 1.17 bits per heavy atom. The maximum atomic E-state index is 11.5. The zero-order valence-electron chi connectivity index (χ0n) is 27.0. The van der Waals surface area contributed by atoms with Gasteiger partial charge in [0.05, 0.1) is 16.5 Å². The highest BCUT2D eigenvalue weighted by Crippen LogP contribution is 2.54. The normalized spacial score (nSPS) is 23.4. The van der Waals surface area contributed by atoms with Crippen LogP contribution in [0.3, 0.4) is 0 Å². The van der Waals surface area contributed by atoms with Crippen molar-refractivity contribution in [2.75, 3.05) is 51.2 Å². The van der Waals surface area contributed by atoms with Crippen LogP contribution in [0.15, 0.2) is 82.4 Å². The summed E-state index contributed by atoms with van der Waals surface area (Å²) in [5.41, 5.74) is 5.47. The van der Waals surface area contributed by atoms with Crippen LogP contribution >= 0.6 is 23.4 Å². The van der Waals surface area contributed by atoms with E-state index in [-0.39, 0.29) is 11.8 Å². The maximum Gasteiger partial charge on any atom is 0.307 e. The first kappa shape index (κ1) is 32.4. The van der Waals surface area contributed by atoms with Crippen molar-refractivity contribution < 1.29 is 14.3 Å². The number of pyridine rings is 1. The third-order valence-electron chi connectivity index (χ3n) is 9.81. The van der Waals surface area contributed by atoms with Crippen molar-refractivity contribution in [3.05, 3.63) is 101 Å². The summed E-state index contributed by atoms with van der Waals surface area (Å²) >= 11 is 8.35. The summed E-state index contributed by atoms with van der Waals surface area (Å²) in [6.07, 6.45) is 8.74. The van der Waals surface area contributed by atoms with E-state index in [9.17, 15) is 15.2 Å². The number of likely N-dealkylation sites (tertiary alicyclic amines) is 1. The molecule has 2 aliphatic heterocycles. The molecule has 48 heavy (non-hydrogen) atoms. The van der Waals surface area contributed by atoms with Crippen LogP contribution in [0.5, 0.6) is 0 Å². The molecule has 2 aromatic heterocycles. The van der Waals surface area contributed by atoms with Gasteiger partial charge in [-0.05, 0) is 67.0 Å². The molecule has 1 N–H and O–H groups in total. The second kappa shape index (κ2) is 13.4. The smallest absolute Gasteiger partial charge is 0.307 e. The van der Waals surface area contributed by atoms with E-state index in [1.165, 1.54) is 0 Å². The van der Waals surface area contributed by atoms with Gasteiger partial charge in [-0.2, -0.15) is 5.26 Å². The molecule has 0 bridgehead atoms. The summed E-state index contributed by atoms with van der Waals surface area (Å²) in [6, 6.07) is 18.2. The molecule has 2 saturated heterocycles. The van der Waals surface area contributed by atoms with Gasteiger partial charge < -0.3 is 19.3 Å². The first-order chi connectivity index (χ1) is 23.2. The van der Waals surface area contributed by atoms with E-state index >= 15 is 0 Å². The molecule has 2 aromatic carbocycles. The van der Waals surface area contributed by atoms with Crippen LogP contribution in [0.1, 0.15) is 35.9 Å². The Balaban J connectivity index is 1.29. The number of allylic oxidation sites excluding steroid dienone is 3. The van der Waals surface area contributed by atoms with Gasteiger partial charge in [-0.15, -0.1) is 0 Å². The minimum atomic E-state index is -0.813. The molecule has 3 atom stereocenters. The van der Waals surface area contributed by atoms with Gasteiger partial charge in [0.25, 0.3) is 0 Å². The summed E-state index contributed by atoms with van der Waals surface area (Å²) < 4.78 is 5.81. The van der Waals surface area contributed by atoms with E-state index in [2.05, 4.69) is 59.0 Å². The van der Waals surface area contributed by atoms with E-state index in [0.29, 0.717) is 53.6 Å². The number of fused-ring (bicyclic) bond motifs is 1. The predicted molar refractivity (Wildman–Crippen MR) is 189 cm³/mol. The molecular formula is C37H37ClN6O3S. The lowest BCUT2D eigenvalue weighted by molar-refractivity contribution is -0.141. The highest BCUT2D eigenvalue weighted by atomic mass is 35.5. The molecule has 11 heteroatoms. The average Bonchev–Trinajstić information content (AvgIpc) is 3.74. The number of nitrogens with zero attached hydrogens (tertiary/aromatic N) is 6. The van der Waals surface area contributed by atoms with Crippen molar-refractivity contribution in [2.24, 2.45) is 11.8 Å². The van der Waals surface area contributed by atoms with Crippen molar-refractivity contribution in [3.63, 3.8) is 0 Å². The lowest BCUT2D eigenvalue weighted by Crippen LogP contribution is -2.44. The first-order valence-corrected chi connectivity index (χ1v) is 17.5. The van der Waals surface area contributed by atoms with E-state index < -0.39 is 10.7 Å². The van der Waals surface area contributed by atoms with Crippen molar-refractivity contribution in [3.8, 4) is 6.07 Å². The van der Waals surface area contributed by atoms with E-state index in [1.54, 1.807) is 11.8 Å². The number of halogens is 1. The molecule has 0 saturated carbocycles. The number of carboxylic acid groups (broad SMARTS) is 1. The zero-order valence-corrected chi connectivity index (χ0v) is 28.5. The summed E-state index contributed by atoms with van der Waals surface area (Å²) in [5.74, 6) is -0.797. The molecule has 0 spiro atoms. The number of piperazine rings is 1. The summed E-state index contributed by atoms with van der Waals surface area (Å²) in [6.45, 7) is 7.78. The number of rotatable bonds is 8. The van der Waals surface area contributed by atoms with Crippen LogP contribution in [-0.2, 0) is 16.1 Å². The van der Waals surface area contributed by atoms with Crippen molar-refractivity contribution in [1.82, 2.24) is 19.8 Å². The fourth-order valence-electron chi connectivity index (χ4n) is 7.01. The third kappa shape index (κ3) is 6.24. The largest absolute Gasteiger partial charge is 0.481 e. The van der Waals surface area contributed by atoms with Crippen LogP contribution in [0.2, 0.25) is 5.02 Å². The van der Waals surface area contributed by atoms with Crippen LogP contribution in [0.25, 0.3) is 16.7 Å². The number of likely N-dealkylation sites (N-methyl/N-ethyl adjacent to an activating group) is 1. The molecule has 7 rings (SSSR count). The molecule has 1 aliphatic carbocycles. The quantitative estimate of drug-likeness (QED) is 0.216. The Bertz CT molecular complexity index is 1960. The minimum Gasteiger partial charge on any atom is -0.481 e. The van der Waals surface area contributed by atoms with E-state index in [0.717, 1.165) is 53.6 Å². The molecule has 0 radical (unpaired) electrons. The van der Waals surface area contributed by atoms with Gasteiger partial charge in [0, 0.05) is 62.1 Å². The molecule has 4 heterocycles. The number of aromatic nitrogens is 2. The van der Waals surface area contributed by atoms with Crippen molar-refractivity contribution in [1.29, 1.82) is 5.26 Å². The Labute approximate surface area is 289 Å². The van der Waals surface area contributed by atoms with Crippen LogP contribution in [0, 0.1) is 23.2 Å². The van der Waals surface area contributed by atoms with Crippen molar-refractivity contribution >= 4 is 51.7 Å². The fourth-order valence-corrected chi connectivity index (χ4v) is 8.52. The molecule has 0 amide bonds. The number of oxazole rings is 1. The molecule has 2 unspecified atom stereocenters. The standard InChI is InChI=1S/C37H37ClN6O3S/c1-24-29(30-6-3-4-8-31(30)38)7-5-11-37(24,48-33-20-28(9-12-40-33)44-16-14-42(2)15-17-44)36-41-32-19-25(18-27(21-39)34(32)47-36)22-43-13-10-26(23-43)35(45)46/h3-9,11-12,18-20,24,26H,10,13-17,22-23H2,1-2H3,(H,45,46)/t24?,26-,37?/m1/s1. The Morgan fingerprint density at radius 2 is 1.98 bits per heavy atom. The molecule has 9 nitrogen and oxygen atoms in total. The number of aliphatic carboxylic acids is 1. The second-order valence-corrected chi connectivity index (χ2v) is 14.6. The van der Waals surface area contributed by atoms with Gasteiger partial charge in [-0.25, -0.2) is 9.97 Å². The van der Waals surface area contributed by atoms with Gasteiger partial charge in [-0.1, -0.05) is 66.7 Å². The highest BCUT2D eigenvalue weighted by molar-refractivity contribution is 8.00. The van der Waals surface area contributed by atoms with Gasteiger partial charge in [0.15, 0.2) is 5.58 Å². The van der Waals surface area contributed by atoms with Gasteiger partial charge >= 0.3 is 5.97 Å². The van der Waals surface area contributed by atoms with Gasteiger partial charge in [-0.3, -0.25) is 9.69 Å². The maximum absolute atomic E-state index is 11.5. The first-order valence-electron chi connectivity index (χ1n) is 16.3. The van der Waals surface area contributed by atoms with Crippen LogP contribution < -0.4 is 4.90 Å². The average molecular weight is 681 g/mol. The number of thioether (sulfide) groups is 1. The number of hydrogen-bond acceptors (Lipinski definition) is 9. The van der Waals surface area contributed by atoms with Gasteiger partial charge in [0.1, 0.15) is 16.3 Å². The third-order valence-corrected chi connectivity index (χ3v) is 11.6. The number of nitriles is 1. The Morgan fingerprint density at radius 3 is 2.73 bits per heavy atom. The second-order valence-electron chi connectivity index (χ2n) is 12.9. The number of benzene rings is 2. The summed E-state index contributed by atoms with van der Waals surface area (Å²) in [5, 5.41) is 21.2. The SMILES string of the molecule is CC1C(c2ccccc2Cl)=CC=CC1(Sc1cc(N2CCN(C)CC2)ccn1)c1nc2cc(CN3CC[C@@H](C(=O)O)C3)cc(C#N)c2o1. The molecule has 3 aliphatic rings. The Kier molecular flexibility index (Phi) is 9.05. The number of anilines is 1. The highest BCUT2D eigenvalue weighted by Gasteiger charge is 2.46. The predicted octanol–water partition coefficient (Wildman–Crippen LogP) is 6.68. The molecular weight excluding hydrogens is 644 g/mol. The van der Waals surface area contributed by atoms with E-state index in [1.807, 2.05) is 48.7 Å². The molecule has 2 fully saturated rings. The van der Waals surface area contributed by atoms with Crippen LogP contribution in [0.4, 0.5) is 5.69 Å². The number of hydrogen-bond donors (Lipinski definition) is 1. The van der Waals surface area contributed by atoms with Crippen molar-refractivity contribution in [2.45, 2.75) is 29.7 Å². The van der Waals surface area contributed by atoms with Gasteiger partial charge in [0.2, 0.25) is 5.89 Å². The minimum absolute atomic E-state index is 0.142. The molecule has 246 valence electrons. The number of carbonyl (C=O) groups is 1. The topological polar surface area (TPSA) is 110 Å².